The molecule has 1 rings (SSSR count). The van der Waals surface area contributed by atoms with E-state index in [1.807, 2.05) is 17.5 Å². The molecule has 4 nitrogen and oxygen atoms in total. The van der Waals surface area contributed by atoms with Crippen LogP contribution < -0.4 is 0 Å². The van der Waals surface area contributed by atoms with Crippen LogP contribution in [0.5, 0.6) is 0 Å². The Bertz CT molecular complexity index is 524. The second kappa shape index (κ2) is 6.72. The molecule has 1 atom stereocenters. The van der Waals surface area contributed by atoms with E-state index in [0.29, 0.717) is 6.42 Å². The predicted molar refractivity (Wildman–Crippen MR) is 81.7 cm³/mol. The summed E-state index contributed by atoms with van der Waals surface area (Å²) < 4.78 is 28.7. The first-order chi connectivity index (χ1) is 9.17. The van der Waals surface area contributed by atoms with Crippen molar-refractivity contribution in [2.45, 2.75) is 38.9 Å². The van der Waals surface area contributed by atoms with Crippen LogP contribution in [0.25, 0.3) is 0 Å². The van der Waals surface area contributed by atoms with Crippen LogP contribution in [-0.4, -0.2) is 31.5 Å². The highest BCUT2D eigenvalue weighted by Gasteiger charge is 2.35. The molecule has 20 heavy (non-hydrogen) atoms. The van der Waals surface area contributed by atoms with E-state index in [-0.39, 0.29) is 12.4 Å². The van der Waals surface area contributed by atoms with E-state index in [9.17, 15) is 13.2 Å². The van der Waals surface area contributed by atoms with Gasteiger partial charge in [0.05, 0.1) is 23.0 Å². The maximum absolute atomic E-state index is 12.3. The van der Waals surface area contributed by atoms with E-state index in [0.717, 1.165) is 4.88 Å². The van der Waals surface area contributed by atoms with Crippen molar-refractivity contribution in [1.82, 2.24) is 0 Å². The molecule has 0 aliphatic heterocycles. The van der Waals surface area contributed by atoms with Crippen molar-refractivity contribution in [3.05, 3.63) is 22.4 Å². The van der Waals surface area contributed by atoms with Crippen LogP contribution >= 0.6 is 11.3 Å². The summed E-state index contributed by atoms with van der Waals surface area (Å²) in [6.45, 7) is 6.93. The molecule has 1 aromatic heterocycles. The number of esters is 1. The SMILES string of the molecule is CCOC(=O)[C@H](Cc1cccs1)CS(=O)(=O)C(C)(C)C. The molecule has 1 heterocycles. The lowest BCUT2D eigenvalue weighted by molar-refractivity contribution is -0.147. The topological polar surface area (TPSA) is 60.4 Å². The van der Waals surface area contributed by atoms with Crippen LogP contribution in [0.3, 0.4) is 0 Å². The summed E-state index contributed by atoms with van der Waals surface area (Å²) in [5.74, 6) is -1.25. The lowest BCUT2D eigenvalue weighted by Gasteiger charge is -2.22. The van der Waals surface area contributed by atoms with Gasteiger partial charge in [-0.25, -0.2) is 8.42 Å². The van der Waals surface area contributed by atoms with Crippen molar-refractivity contribution in [3.8, 4) is 0 Å². The molecular formula is C14H22O4S2. The minimum atomic E-state index is -3.36. The first kappa shape index (κ1) is 17.2. The number of carbonyl (C=O) groups excluding carboxylic acids is 1. The number of thiophene rings is 1. The van der Waals surface area contributed by atoms with E-state index in [2.05, 4.69) is 0 Å². The fourth-order valence-corrected chi connectivity index (χ4v) is 3.73. The summed E-state index contributed by atoms with van der Waals surface area (Å²) in [5, 5.41) is 1.91. The largest absolute Gasteiger partial charge is 0.466 e. The van der Waals surface area contributed by atoms with Gasteiger partial charge in [-0.2, -0.15) is 0 Å². The Labute approximate surface area is 125 Å². The van der Waals surface area contributed by atoms with Gasteiger partial charge in [-0.05, 0) is 45.6 Å². The predicted octanol–water partition coefficient (Wildman–Crippen LogP) is 2.68. The summed E-state index contributed by atoms with van der Waals surface area (Å²) in [4.78, 5) is 13.0. The van der Waals surface area contributed by atoms with Crippen LogP contribution in [0.4, 0.5) is 0 Å². The molecule has 0 saturated carbocycles. The Kier molecular flexibility index (Phi) is 5.77. The summed E-state index contributed by atoms with van der Waals surface area (Å²) in [6.07, 6.45) is 0.409. The van der Waals surface area contributed by atoms with E-state index < -0.39 is 26.5 Å². The van der Waals surface area contributed by atoms with Crippen LogP contribution in [0.2, 0.25) is 0 Å². The number of hydrogen-bond donors (Lipinski definition) is 0. The van der Waals surface area contributed by atoms with Crippen LogP contribution in [0, 0.1) is 5.92 Å². The molecular weight excluding hydrogens is 296 g/mol. The third-order valence-electron chi connectivity index (χ3n) is 3.00. The number of ether oxygens (including phenoxy) is 1. The lowest BCUT2D eigenvalue weighted by Crippen LogP contribution is -2.36. The Hall–Kier alpha value is -0.880. The minimum Gasteiger partial charge on any atom is -0.466 e. The van der Waals surface area contributed by atoms with Crippen molar-refractivity contribution < 1.29 is 17.9 Å². The number of rotatable bonds is 6. The second-order valence-corrected chi connectivity index (χ2v) is 9.45. The summed E-state index contributed by atoms with van der Waals surface area (Å²) in [5.41, 5.74) is 0. The molecule has 6 heteroatoms. The van der Waals surface area contributed by atoms with Crippen molar-refractivity contribution in [2.75, 3.05) is 12.4 Å². The van der Waals surface area contributed by atoms with Crippen molar-refractivity contribution in [3.63, 3.8) is 0 Å². The normalized spacial score (nSPS) is 14.0. The van der Waals surface area contributed by atoms with E-state index in [4.69, 9.17) is 4.74 Å². The van der Waals surface area contributed by atoms with Crippen LogP contribution in [0.1, 0.15) is 32.6 Å². The number of carbonyl (C=O) groups is 1. The van der Waals surface area contributed by atoms with E-state index in [1.54, 1.807) is 27.7 Å². The lowest BCUT2D eigenvalue weighted by atomic mass is 10.1. The minimum absolute atomic E-state index is 0.173. The maximum Gasteiger partial charge on any atom is 0.310 e. The molecule has 0 bridgehead atoms. The Balaban J connectivity index is 2.91. The Morgan fingerprint density at radius 1 is 1.40 bits per heavy atom. The molecule has 0 radical (unpaired) electrons. The van der Waals surface area contributed by atoms with E-state index >= 15 is 0 Å². The number of hydrogen-bond acceptors (Lipinski definition) is 5. The first-order valence-corrected chi connectivity index (χ1v) is 9.12. The van der Waals surface area contributed by atoms with Crippen molar-refractivity contribution >= 4 is 27.1 Å². The summed E-state index contributed by atoms with van der Waals surface area (Å²) in [6, 6.07) is 3.79. The Morgan fingerprint density at radius 3 is 2.50 bits per heavy atom. The van der Waals surface area contributed by atoms with Gasteiger partial charge in [0.25, 0.3) is 0 Å². The molecule has 0 unspecified atom stereocenters. The number of sulfone groups is 1. The fraction of sp³-hybridized carbons (Fsp3) is 0.643. The van der Waals surface area contributed by atoms with Crippen LogP contribution in [-0.2, 0) is 25.8 Å². The average molecular weight is 318 g/mol. The van der Waals surface area contributed by atoms with Gasteiger partial charge in [0.2, 0.25) is 0 Å². The zero-order chi connectivity index (χ0) is 15.4. The monoisotopic (exact) mass is 318 g/mol. The van der Waals surface area contributed by atoms with Gasteiger partial charge < -0.3 is 4.74 Å². The zero-order valence-electron chi connectivity index (χ0n) is 12.4. The van der Waals surface area contributed by atoms with Gasteiger partial charge in [0.15, 0.2) is 9.84 Å². The molecule has 0 saturated heterocycles. The smallest absolute Gasteiger partial charge is 0.310 e. The first-order valence-electron chi connectivity index (χ1n) is 6.58. The quantitative estimate of drug-likeness (QED) is 0.757. The van der Waals surface area contributed by atoms with Gasteiger partial charge in [0.1, 0.15) is 0 Å². The van der Waals surface area contributed by atoms with Gasteiger partial charge >= 0.3 is 5.97 Å². The average Bonchev–Trinajstić information content (AvgIpc) is 2.79. The van der Waals surface area contributed by atoms with Gasteiger partial charge in [-0.3, -0.25) is 4.79 Å². The highest BCUT2D eigenvalue weighted by molar-refractivity contribution is 7.92. The van der Waals surface area contributed by atoms with Crippen molar-refractivity contribution in [1.29, 1.82) is 0 Å². The fourth-order valence-electron chi connectivity index (χ4n) is 1.66. The van der Waals surface area contributed by atoms with Gasteiger partial charge in [-0.15, -0.1) is 11.3 Å². The summed E-state index contributed by atoms with van der Waals surface area (Å²) >= 11 is 1.52. The maximum atomic E-state index is 12.3. The molecule has 0 fully saturated rings. The summed E-state index contributed by atoms with van der Waals surface area (Å²) in [7, 11) is -3.36. The molecule has 0 aliphatic carbocycles. The highest BCUT2D eigenvalue weighted by Crippen LogP contribution is 2.23. The highest BCUT2D eigenvalue weighted by atomic mass is 32.2. The second-order valence-electron chi connectivity index (χ2n) is 5.63. The molecule has 0 aromatic carbocycles. The molecule has 0 aliphatic rings. The Morgan fingerprint density at radius 2 is 2.05 bits per heavy atom. The van der Waals surface area contributed by atoms with E-state index in [1.165, 1.54) is 11.3 Å². The molecule has 1 aromatic rings. The van der Waals surface area contributed by atoms with Gasteiger partial charge in [-0.1, -0.05) is 6.07 Å². The molecule has 0 N–H and O–H groups in total. The molecule has 0 amide bonds. The molecule has 114 valence electrons. The zero-order valence-corrected chi connectivity index (χ0v) is 14.0. The standard InChI is InChI=1S/C14H22O4S2/c1-5-18-13(15)11(9-12-7-6-8-19-12)10-20(16,17)14(2,3)4/h6-8,11H,5,9-10H2,1-4H3/t11-/m1/s1. The third kappa shape index (κ3) is 4.59. The van der Waals surface area contributed by atoms with Crippen LogP contribution in [0.15, 0.2) is 17.5 Å². The third-order valence-corrected chi connectivity index (χ3v) is 6.61. The van der Waals surface area contributed by atoms with Crippen molar-refractivity contribution in [2.24, 2.45) is 5.92 Å². The van der Waals surface area contributed by atoms with Gasteiger partial charge in [0, 0.05) is 4.88 Å². The molecule has 0 spiro atoms.